The molecule has 1 aromatic rings. The maximum absolute atomic E-state index is 5.88. The lowest BCUT2D eigenvalue weighted by Crippen LogP contribution is -2.43. The summed E-state index contributed by atoms with van der Waals surface area (Å²) < 4.78 is 5.88. The molecule has 0 N–H and O–H groups in total. The summed E-state index contributed by atoms with van der Waals surface area (Å²) >= 11 is 0. The van der Waals surface area contributed by atoms with Gasteiger partial charge in [-0.2, -0.15) is 5.10 Å². The molecule has 0 aliphatic carbocycles. The number of hydrogen-bond acceptors (Lipinski definition) is 4. The third-order valence-electron chi connectivity index (χ3n) is 3.89. The van der Waals surface area contributed by atoms with Gasteiger partial charge in [0.2, 0.25) is 5.88 Å². The van der Waals surface area contributed by atoms with E-state index in [1.165, 1.54) is 12.8 Å². The summed E-state index contributed by atoms with van der Waals surface area (Å²) in [6.07, 6.45) is 6.90. The van der Waals surface area contributed by atoms with Gasteiger partial charge in [-0.15, -0.1) is 5.10 Å². The number of rotatable bonds is 2. The third-order valence-corrected chi connectivity index (χ3v) is 3.89. The van der Waals surface area contributed by atoms with Crippen molar-refractivity contribution in [2.45, 2.75) is 43.9 Å². The Morgan fingerprint density at radius 1 is 1.31 bits per heavy atom. The molecule has 4 nitrogen and oxygen atoms in total. The van der Waals surface area contributed by atoms with Gasteiger partial charge in [0.25, 0.3) is 0 Å². The van der Waals surface area contributed by atoms with Crippen molar-refractivity contribution in [3.05, 3.63) is 18.3 Å². The quantitative estimate of drug-likeness (QED) is 0.755. The molecule has 0 saturated carbocycles. The van der Waals surface area contributed by atoms with Gasteiger partial charge in [0.05, 0.1) is 0 Å². The highest BCUT2D eigenvalue weighted by atomic mass is 16.5. The van der Waals surface area contributed by atoms with Crippen LogP contribution in [0.2, 0.25) is 0 Å². The van der Waals surface area contributed by atoms with Gasteiger partial charge < -0.3 is 9.64 Å². The highest BCUT2D eigenvalue weighted by molar-refractivity contribution is 5.07. The van der Waals surface area contributed by atoms with Crippen molar-refractivity contribution in [2.75, 3.05) is 7.05 Å². The second-order valence-corrected chi connectivity index (χ2v) is 4.82. The molecule has 2 unspecified atom stereocenters. The molecule has 2 saturated heterocycles. The van der Waals surface area contributed by atoms with E-state index in [2.05, 4.69) is 22.1 Å². The molecule has 86 valence electrons. The van der Waals surface area contributed by atoms with Crippen LogP contribution in [0.4, 0.5) is 0 Å². The average molecular weight is 219 g/mol. The van der Waals surface area contributed by atoms with Crippen molar-refractivity contribution in [2.24, 2.45) is 0 Å². The molecule has 0 amide bonds. The predicted octanol–water partition coefficient (Wildman–Crippen LogP) is 1.48. The van der Waals surface area contributed by atoms with Crippen molar-refractivity contribution in [1.29, 1.82) is 0 Å². The molecule has 2 fully saturated rings. The number of ether oxygens (including phenoxy) is 1. The van der Waals surface area contributed by atoms with Crippen LogP contribution in [0.1, 0.15) is 25.7 Å². The van der Waals surface area contributed by atoms with Crippen molar-refractivity contribution in [3.8, 4) is 5.88 Å². The lowest BCUT2D eigenvalue weighted by Gasteiger charge is -2.35. The summed E-state index contributed by atoms with van der Waals surface area (Å²) in [5.74, 6) is 0.663. The van der Waals surface area contributed by atoms with Gasteiger partial charge in [-0.25, -0.2) is 0 Å². The lowest BCUT2D eigenvalue weighted by molar-refractivity contribution is 0.0626. The number of nitrogens with zero attached hydrogens (tertiary/aromatic N) is 3. The molecule has 16 heavy (non-hydrogen) atoms. The standard InChI is InChI=1S/C12H17N3O/c1-15-9-4-5-10(15)8-11(7-9)16-12-3-2-6-13-14-12/h2-3,6,9-11H,4-5,7-8H2,1H3. The van der Waals surface area contributed by atoms with Gasteiger partial charge in [-0.1, -0.05) is 0 Å². The first-order chi connectivity index (χ1) is 7.83. The first-order valence-corrected chi connectivity index (χ1v) is 5.99. The van der Waals surface area contributed by atoms with E-state index in [-0.39, 0.29) is 0 Å². The molecular formula is C12H17N3O. The smallest absolute Gasteiger partial charge is 0.233 e. The molecule has 2 aliphatic heterocycles. The summed E-state index contributed by atoms with van der Waals surface area (Å²) in [5.41, 5.74) is 0. The predicted molar refractivity (Wildman–Crippen MR) is 60.3 cm³/mol. The minimum atomic E-state index is 0.324. The molecule has 2 bridgehead atoms. The number of aromatic nitrogens is 2. The third kappa shape index (κ3) is 1.78. The zero-order chi connectivity index (χ0) is 11.0. The molecule has 0 spiro atoms. The Kier molecular flexibility index (Phi) is 2.52. The normalized spacial score (nSPS) is 33.9. The molecule has 3 heterocycles. The number of hydrogen-bond donors (Lipinski definition) is 0. The second-order valence-electron chi connectivity index (χ2n) is 4.82. The summed E-state index contributed by atoms with van der Waals surface area (Å²) in [6, 6.07) is 5.17. The van der Waals surface area contributed by atoms with Gasteiger partial charge in [-0.05, 0) is 38.8 Å². The molecule has 4 heteroatoms. The van der Waals surface area contributed by atoms with E-state index < -0.39 is 0 Å². The summed E-state index contributed by atoms with van der Waals surface area (Å²) in [6.45, 7) is 0. The Morgan fingerprint density at radius 3 is 2.69 bits per heavy atom. The molecule has 2 aliphatic rings. The minimum absolute atomic E-state index is 0.324. The van der Waals surface area contributed by atoms with E-state index in [0.717, 1.165) is 12.8 Å². The number of fused-ring (bicyclic) bond motifs is 2. The molecule has 2 atom stereocenters. The van der Waals surface area contributed by atoms with Crippen LogP contribution in [-0.2, 0) is 0 Å². The maximum Gasteiger partial charge on any atom is 0.233 e. The summed E-state index contributed by atoms with van der Waals surface area (Å²) in [4.78, 5) is 2.51. The fourth-order valence-corrected chi connectivity index (χ4v) is 2.98. The SMILES string of the molecule is CN1C2CCC1CC(Oc1cccnn1)C2. The van der Waals surface area contributed by atoms with E-state index in [4.69, 9.17) is 4.74 Å². The molecule has 1 aromatic heterocycles. The number of piperidine rings is 1. The van der Waals surface area contributed by atoms with Gasteiger partial charge >= 0.3 is 0 Å². The Hall–Kier alpha value is -1.16. The fourth-order valence-electron chi connectivity index (χ4n) is 2.98. The molecule has 0 radical (unpaired) electrons. The van der Waals surface area contributed by atoms with Crippen LogP contribution < -0.4 is 4.74 Å². The van der Waals surface area contributed by atoms with Crippen LogP contribution in [0.3, 0.4) is 0 Å². The van der Waals surface area contributed by atoms with Crippen LogP contribution in [-0.4, -0.2) is 40.3 Å². The van der Waals surface area contributed by atoms with Crippen LogP contribution in [0.15, 0.2) is 18.3 Å². The monoisotopic (exact) mass is 219 g/mol. The van der Waals surface area contributed by atoms with Gasteiger partial charge in [0.1, 0.15) is 6.10 Å². The van der Waals surface area contributed by atoms with Crippen LogP contribution in [0.5, 0.6) is 5.88 Å². The second kappa shape index (κ2) is 4.01. The van der Waals surface area contributed by atoms with Crippen molar-refractivity contribution in [1.82, 2.24) is 15.1 Å². The Morgan fingerprint density at radius 2 is 2.06 bits per heavy atom. The van der Waals surface area contributed by atoms with Crippen molar-refractivity contribution in [3.63, 3.8) is 0 Å². The zero-order valence-electron chi connectivity index (χ0n) is 9.54. The van der Waals surface area contributed by atoms with Crippen LogP contribution in [0.25, 0.3) is 0 Å². The van der Waals surface area contributed by atoms with Crippen LogP contribution in [0, 0.1) is 0 Å². The maximum atomic E-state index is 5.88. The van der Waals surface area contributed by atoms with Crippen LogP contribution >= 0.6 is 0 Å². The first kappa shape index (κ1) is 10.0. The van der Waals surface area contributed by atoms with E-state index >= 15 is 0 Å². The van der Waals surface area contributed by atoms with Crippen molar-refractivity contribution < 1.29 is 4.74 Å². The lowest BCUT2D eigenvalue weighted by atomic mass is 10.0. The highest BCUT2D eigenvalue weighted by Gasteiger charge is 2.39. The molecular weight excluding hydrogens is 202 g/mol. The molecule has 0 aromatic carbocycles. The van der Waals surface area contributed by atoms with Gasteiger partial charge in [0, 0.05) is 24.3 Å². The first-order valence-electron chi connectivity index (χ1n) is 5.99. The van der Waals surface area contributed by atoms with E-state index in [0.29, 0.717) is 24.1 Å². The average Bonchev–Trinajstić information content (AvgIpc) is 2.54. The zero-order valence-corrected chi connectivity index (χ0v) is 9.54. The van der Waals surface area contributed by atoms with Gasteiger partial charge in [0.15, 0.2) is 0 Å². The topological polar surface area (TPSA) is 38.2 Å². The van der Waals surface area contributed by atoms with E-state index in [9.17, 15) is 0 Å². The highest BCUT2D eigenvalue weighted by Crippen LogP contribution is 2.35. The van der Waals surface area contributed by atoms with E-state index in [1.54, 1.807) is 6.20 Å². The summed E-state index contributed by atoms with van der Waals surface area (Å²) in [7, 11) is 2.24. The Bertz CT molecular complexity index is 343. The van der Waals surface area contributed by atoms with Crippen molar-refractivity contribution >= 4 is 0 Å². The molecule has 3 rings (SSSR count). The Balaban J connectivity index is 1.66. The minimum Gasteiger partial charge on any atom is -0.473 e. The Labute approximate surface area is 95.6 Å². The largest absolute Gasteiger partial charge is 0.473 e. The van der Waals surface area contributed by atoms with Gasteiger partial charge in [-0.3, -0.25) is 0 Å². The summed E-state index contributed by atoms with van der Waals surface area (Å²) in [5, 5.41) is 7.81. The fraction of sp³-hybridized carbons (Fsp3) is 0.667. The van der Waals surface area contributed by atoms with E-state index in [1.807, 2.05) is 12.1 Å².